The molecule has 0 amide bonds. The molecule has 23 heavy (non-hydrogen) atoms. The molecule has 0 fully saturated rings. The SMILES string of the molecule is O=C(O)CC(F)(F)C(=NO)C1(Cl)C=CC(c2ccccc2)=CC1. The highest BCUT2D eigenvalue weighted by molar-refractivity contribution is 6.39. The molecule has 1 unspecified atom stereocenters. The van der Waals surface area contributed by atoms with Crippen molar-refractivity contribution < 1.29 is 23.9 Å². The fourth-order valence-corrected chi connectivity index (χ4v) is 2.69. The molecule has 1 aromatic rings. The van der Waals surface area contributed by atoms with Crippen LogP contribution in [0, 0.1) is 0 Å². The van der Waals surface area contributed by atoms with Gasteiger partial charge in [-0.15, -0.1) is 11.6 Å². The van der Waals surface area contributed by atoms with E-state index < -0.39 is 28.9 Å². The molecule has 0 bridgehead atoms. The quantitative estimate of drug-likeness (QED) is 0.369. The van der Waals surface area contributed by atoms with E-state index in [1.807, 2.05) is 30.3 Å². The summed E-state index contributed by atoms with van der Waals surface area (Å²) in [7, 11) is 0. The summed E-state index contributed by atoms with van der Waals surface area (Å²) >= 11 is 6.17. The van der Waals surface area contributed by atoms with Crippen LogP contribution < -0.4 is 0 Å². The highest BCUT2D eigenvalue weighted by Crippen LogP contribution is 2.38. The van der Waals surface area contributed by atoms with Gasteiger partial charge in [0, 0.05) is 0 Å². The summed E-state index contributed by atoms with van der Waals surface area (Å²) in [6.45, 7) is 0. The van der Waals surface area contributed by atoms with Gasteiger partial charge in [-0.05, 0) is 17.6 Å². The molecule has 0 heterocycles. The van der Waals surface area contributed by atoms with Gasteiger partial charge < -0.3 is 10.3 Å². The van der Waals surface area contributed by atoms with E-state index in [4.69, 9.17) is 21.9 Å². The molecule has 7 heteroatoms. The minimum atomic E-state index is -3.86. The summed E-state index contributed by atoms with van der Waals surface area (Å²) in [5, 5.41) is 20.1. The number of hydrogen-bond acceptors (Lipinski definition) is 3. The Balaban J connectivity index is 2.26. The van der Waals surface area contributed by atoms with Gasteiger partial charge in [-0.1, -0.05) is 53.7 Å². The maximum Gasteiger partial charge on any atom is 0.309 e. The van der Waals surface area contributed by atoms with Crippen molar-refractivity contribution in [3.05, 3.63) is 54.1 Å². The second-order valence-corrected chi connectivity index (χ2v) is 5.82. The van der Waals surface area contributed by atoms with Crippen LogP contribution in [0.1, 0.15) is 18.4 Å². The van der Waals surface area contributed by atoms with Crippen LogP contribution in [0.25, 0.3) is 5.57 Å². The first-order valence-corrected chi connectivity index (χ1v) is 7.13. The molecule has 4 nitrogen and oxygen atoms in total. The first-order chi connectivity index (χ1) is 10.8. The van der Waals surface area contributed by atoms with Crippen molar-refractivity contribution >= 4 is 28.9 Å². The Morgan fingerprint density at radius 3 is 2.48 bits per heavy atom. The number of allylic oxidation sites excluding steroid dienone is 4. The molecule has 122 valence electrons. The third-order valence-corrected chi connectivity index (χ3v) is 3.93. The predicted octanol–water partition coefficient (Wildman–Crippen LogP) is 3.95. The Bertz CT molecular complexity index is 686. The van der Waals surface area contributed by atoms with E-state index in [9.17, 15) is 13.6 Å². The van der Waals surface area contributed by atoms with Gasteiger partial charge in [0.1, 0.15) is 11.3 Å². The molecule has 1 atom stereocenters. The molecule has 0 saturated carbocycles. The number of aliphatic carboxylic acids is 1. The van der Waals surface area contributed by atoms with E-state index >= 15 is 0 Å². The molecule has 1 aliphatic rings. The maximum absolute atomic E-state index is 14.0. The zero-order chi connectivity index (χ0) is 17.1. The Hall–Kier alpha value is -2.21. The Kier molecular flexibility index (Phi) is 4.85. The van der Waals surface area contributed by atoms with Crippen LogP contribution in [-0.2, 0) is 4.79 Å². The van der Waals surface area contributed by atoms with E-state index in [2.05, 4.69) is 5.16 Å². The molecule has 0 aromatic heterocycles. The molecule has 0 aliphatic heterocycles. The molecular formula is C16H14ClF2NO3. The van der Waals surface area contributed by atoms with Gasteiger partial charge >= 0.3 is 11.9 Å². The van der Waals surface area contributed by atoms with Gasteiger partial charge in [-0.2, -0.15) is 8.78 Å². The highest BCUT2D eigenvalue weighted by Gasteiger charge is 2.49. The lowest BCUT2D eigenvalue weighted by Crippen LogP contribution is -2.45. The lowest BCUT2D eigenvalue weighted by Gasteiger charge is -2.30. The average Bonchev–Trinajstić information content (AvgIpc) is 2.47. The number of carboxylic acid groups (broad SMARTS) is 1. The number of oxime groups is 1. The zero-order valence-electron chi connectivity index (χ0n) is 11.9. The van der Waals surface area contributed by atoms with Crippen molar-refractivity contribution in [1.82, 2.24) is 0 Å². The minimum absolute atomic E-state index is 0.0517. The van der Waals surface area contributed by atoms with E-state index in [1.54, 1.807) is 12.2 Å². The molecule has 2 N–H and O–H groups in total. The molecule has 0 saturated heterocycles. The predicted molar refractivity (Wildman–Crippen MR) is 83.2 cm³/mol. The molecule has 0 spiro atoms. The summed E-state index contributed by atoms with van der Waals surface area (Å²) < 4.78 is 28.0. The van der Waals surface area contributed by atoms with Gasteiger partial charge in [0.15, 0.2) is 5.71 Å². The number of hydrogen-bond donors (Lipinski definition) is 2. The lowest BCUT2D eigenvalue weighted by molar-refractivity contribution is -0.141. The van der Waals surface area contributed by atoms with Crippen LogP contribution >= 0.6 is 11.6 Å². The summed E-state index contributed by atoms with van der Waals surface area (Å²) in [4.78, 5) is 8.80. The maximum atomic E-state index is 14.0. The third kappa shape index (κ3) is 3.76. The second kappa shape index (κ2) is 6.50. The number of nitrogens with zero attached hydrogens (tertiary/aromatic N) is 1. The van der Waals surface area contributed by atoms with E-state index in [0.717, 1.165) is 11.1 Å². The second-order valence-electron chi connectivity index (χ2n) is 5.15. The Morgan fingerprint density at radius 1 is 1.35 bits per heavy atom. The van der Waals surface area contributed by atoms with Crippen LogP contribution in [-0.4, -0.2) is 32.8 Å². The number of halogens is 3. The zero-order valence-corrected chi connectivity index (χ0v) is 12.7. The highest BCUT2D eigenvalue weighted by atomic mass is 35.5. The monoisotopic (exact) mass is 341 g/mol. The largest absolute Gasteiger partial charge is 0.481 e. The summed E-state index contributed by atoms with van der Waals surface area (Å²) in [5.41, 5.74) is 0.608. The van der Waals surface area contributed by atoms with Gasteiger partial charge in [0.2, 0.25) is 0 Å². The van der Waals surface area contributed by atoms with Crippen molar-refractivity contribution in [2.75, 3.05) is 0 Å². The van der Waals surface area contributed by atoms with Crippen LogP contribution in [0.3, 0.4) is 0 Å². The average molecular weight is 342 g/mol. The van der Waals surface area contributed by atoms with E-state index in [-0.39, 0.29) is 6.42 Å². The van der Waals surface area contributed by atoms with Crippen LogP contribution in [0.15, 0.2) is 53.7 Å². The minimum Gasteiger partial charge on any atom is -0.481 e. The van der Waals surface area contributed by atoms with Crippen LogP contribution in [0.2, 0.25) is 0 Å². The molecule has 1 aliphatic carbocycles. The van der Waals surface area contributed by atoms with Crippen molar-refractivity contribution in [3.63, 3.8) is 0 Å². The van der Waals surface area contributed by atoms with Gasteiger partial charge in [-0.3, -0.25) is 4.79 Å². The normalized spacial score (nSPS) is 21.9. The van der Waals surface area contributed by atoms with Gasteiger partial charge in [0.25, 0.3) is 0 Å². The topological polar surface area (TPSA) is 69.9 Å². The van der Waals surface area contributed by atoms with Gasteiger partial charge in [-0.25, -0.2) is 0 Å². The Morgan fingerprint density at radius 2 is 2.00 bits per heavy atom. The van der Waals surface area contributed by atoms with Crippen molar-refractivity contribution in [2.24, 2.45) is 5.16 Å². The molecule has 2 rings (SSSR count). The standard InChI is InChI=1S/C16H14ClF2NO3/c17-15(14(20-23)16(18,19)10-13(21)22)8-6-12(7-9-15)11-4-2-1-3-5-11/h1-8,23H,9-10H2,(H,21,22). The number of alkyl halides is 3. The smallest absolute Gasteiger partial charge is 0.309 e. The summed E-state index contributed by atoms with van der Waals surface area (Å²) in [6.07, 6.45) is 2.94. The summed E-state index contributed by atoms with van der Waals surface area (Å²) in [6, 6.07) is 9.25. The lowest BCUT2D eigenvalue weighted by atomic mass is 9.86. The first-order valence-electron chi connectivity index (χ1n) is 6.75. The van der Waals surface area contributed by atoms with Crippen molar-refractivity contribution in [3.8, 4) is 0 Å². The third-order valence-electron chi connectivity index (χ3n) is 3.47. The fourth-order valence-electron chi connectivity index (χ4n) is 2.37. The van der Waals surface area contributed by atoms with Gasteiger partial charge in [0.05, 0.1) is 0 Å². The number of carbonyl (C=O) groups is 1. The Labute approximate surface area is 136 Å². The fraction of sp³-hybridized carbons (Fsp3) is 0.250. The number of carboxylic acids is 1. The van der Waals surface area contributed by atoms with E-state index in [0.29, 0.717) is 0 Å². The molecular weight excluding hydrogens is 328 g/mol. The molecule has 0 radical (unpaired) electrons. The van der Waals surface area contributed by atoms with Crippen molar-refractivity contribution in [2.45, 2.75) is 23.6 Å². The number of rotatable bonds is 5. The molecule has 1 aromatic carbocycles. The van der Waals surface area contributed by atoms with E-state index in [1.165, 1.54) is 6.08 Å². The first kappa shape index (κ1) is 17.1. The van der Waals surface area contributed by atoms with Crippen molar-refractivity contribution in [1.29, 1.82) is 0 Å². The summed E-state index contributed by atoms with van der Waals surface area (Å²) in [5.74, 6) is -5.57. The number of benzene rings is 1. The van der Waals surface area contributed by atoms with Crippen LogP contribution in [0.4, 0.5) is 8.78 Å². The van der Waals surface area contributed by atoms with Crippen LogP contribution in [0.5, 0.6) is 0 Å².